The van der Waals surface area contributed by atoms with E-state index >= 15 is 0 Å². The summed E-state index contributed by atoms with van der Waals surface area (Å²) in [6, 6.07) is 9.99. The maximum Gasteiger partial charge on any atom is 0.324 e. The van der Waals surface area contributed by atoms with Gasteiger partial charge < -0.3 is 15.7 Å². The minimum Gasteiger partial charge on any atom is -0.379 e. The van der Waals surface area contributed by atoms with Crippen LogP contribution in [-0.2, 0) is 16.1 Å². The van der Waals surface area contributed by atoms with Gasteiger partial charge in [-0.3, -0.25) is 19.7 Å². The third kappa shape index (κ3) is 6.66. The Kier molecular flexibility index (Phi) is 7.81. The number of nitro groups is 1. The summed E-state index contributed by atoms with van der Waals surface area (Å²) in [6.45, 7) is 5.48. The summed E-state index contributed by atoms with van der Waals surface area (Å²) in [5.41, 5.74) is 1.72. The molecule has 1 aromatic heterocycles. The topological polar surface area (TPSA) is 122 Å². The molecule has 0 aliphatic rings. The van der Waals surface area contributed by atoms with Gasteiger partial charge in [-0.25, -0.2) is 0 Å². The van der Waals surface area contributed by atoms with Gasteiger partial charge in [-0.05, 0) is 30.2 Å². The molecule has 0 fully saturated rings. The fourth-order valence-corrected chi connectivity index (χ4v) is 3.07. The van der Waals surface area contributed by atoms with E-state index in [2.05, 4.69) is 17.2 Å². The molecule has 3 N–H and O–H groups in total. The highest BCUT2D eigenvalue weighted by Gasteiger charge is 2.14. The molecule has 0 aliphatic carbocycles. The van der Waals surface area contributed by atoms with Crippen molar-refractivity contribution in [1.82, 2.24) is 10.6 Å². The number of thiophene rings is 1. The van der Waals surface area contributed by atoms with Gasteiger partial charge in [0.2, 0.25) is 5.91 Å². The molecule has 0 aliphatic heterocycles. The number of aliphatic hydroxyl groups is 1. The van der Waals surface area contributed by atoms with Crippen LogP contribution in [-0.4, -0.2) is 27.9 Å². The second-order valence-electron chi connectivity index (χ2n) is 6.14. The lowest BCUT2D eigenvalue weighted by molar-refractivity contribution is -0.380. The van der Waals surface area contributed by atoms with Crippen LogP contribution >= 0.6 is 11.3 Å². The molecular weight excluding hydrogens is 394 g/mol. The van der Waals surface area contributed by atoms with Crippen LogP contribution in [0.4, 0.5) is 5.00 Å². The third-order valence-corrected chi connectivity index (χ3v) is 4.99. The molecule has 2 amide bonds. The normalized spacial score (nSPS) is 12.9. The smallest absolute Gasteiger partial charge is 0.324 e. The van der Waals surface area contributed by atoms with E-state index in [0.717, 1.165) is 28.5 Å². The second kappa shape index (κ2) is 10.3. The van der Waals surface area contributed by atoms with Crippen molar-refractivity contribution >= 4 is 34.2 Å². The molecule has 2 rings (SSSR count). The SMILES string of the molecule is C=CC(O)C(=O)N[C@H](C)c1ccc(CNC(=O)/C=C/c2ccc([N+](=O)[O-])s2)cc1. The molecule has 152 valence electrons. The summed E-state index contributed by atoms with van der Waals surface area (Å²) in [6.07, 6.45) is 2.76. The lowest BCUT2D eigenvalue weighted by Gasteiger charge is -2.16. The van der Waals surface area contributed by atoms with E-state index in [1.54, 1.807) is 13.0 Å². The van der Waals surface area contributed by atoms with E-state index in [9.17, 15) is 24.8 Å². The van der Waals surface area contributed by atoms with Crippen LogP contribution in [0.25, 0.3) is 6.08 Å². The van der Waals surface area contributed by atoms with Crippen LogP contribution in [0.3, 0.4) is 0 Å². The van der Waals surface area contributed by atoms with Crippen molar-refractivity contribution in [3.05, 3.63) is 81.2 Å². The van der Waals surface area contributed by atoms with E-state index < -0.39 is 16.9 Å². The number of benzene rings is 1. The molecule has 8 nitrogen and oxygen atoms in total. The molecular formula is C20H21N3O5S. The van der Waals surface area contributed by atoms with Crippen molar-refractivity contribution in [2.24, 2.45) is 0 Å². The highest BCUT2D eigenvalue weighted by atomic mass is 32.1. The summed E-state index contributed by atoms with van der Waals surface area (Å²) >= 11 is 0.992. The van der Waals surface area contributed by atoms with E-state index in [1.807, 2.05) is 24.3 Å². The van der Waals surface area contributed by atoms with Gasteiger partial charge in [-0.2, -0.15) is 0 Å². The number of aliphatic hydroxyl groups excluding tert-OH is 1. The Morgan fingerprint density at radius 1 is 1.28 bits per heavy atom. The lowest BCUT2D eigenvalue weighted by atomic mass is 10.1. The fourth-order valence-electron chi connectivity index (χ4n) is 2.35. The predicted octanol–water partition coefficient (Wildman–Crippen LogP) is 2.71. The minimum absolute atomic E-state index is 0.0227. The Morgan fingerprint density at radius 2 is 1.97 bits per heavy atom. The van der Waals surface area contributed by atoms with Crippen molar-refractivity contribution in [1.29, 1.82) is 0 Å². The Bertz CT molecular complexity index is 920. The highest BCUT2D eigenvalue weighted by Crippen LogP contribution is 2.24. The molecule has 1 unspecified atom stereocenters. The van der Waals surface area contributed by atoms with Gasteiger partial charge in [0.25, 0.3) is 5.91 Å². The molecule has 2 atom stereocenters. The largest absolute Gasteiger partial charge is 0.379 e. The number of amides is 2. The van der Waals surface area contributed by atoms with Crippen molar-refractivity contribution in [2.45, 2.75) is 25.6 Å². The van der Waals surface area contributed by atoms with Crippen LogP contribution in [0, 0.1) is 10.1 Å². The Balaban J connectivity index is 1.85. The standard InChI is InChI=1S/C20H21N3O5S/c1-3-17(24)20(26)22-13(2)15-6-4-14(5-7-15)12-21-18(25)10-8-16-9-11-19(29-16)23(27)28/h3-11,13,17,24H,1,12H2,2H3,(H,21,25)(H,22,26)/b10-8+/t13-,17?/m1/s1. The van der Waals surface area contributed by atoms with Crippen LogP contribution in [0.2, 0.25) is 0 Å². The molecule has 2 aromatic rings. The molecule has 0 bridgehead atoms. The van der Waals surface area contributed by atoms with E-state index in [0.29, 0.717) is 11.4 Å². The van der Waals surface area contributed by atoms with Gasteiger partial charge in [0.15, 0.2) is 6.10 Å². The Labute approximate surface area is 171 Å². The molecule has 1 aromatic carbocycles. The quantitative estimate of drug-likeness (QED) is 0.252. The maximum absolute atomic E-state index is 11.9. The van der Waals surface area contributed by atoms with Crippen LogP contribution < -0.4 is 10.6 Å². The van der Waals surface area contributed by atoms with Gasteiger partial charge in [0.05, 0.1) is 11.0 Å². The summed E-state index contributed by atoms with van der Waals surface area (Å²) in [4.78, 5) is 34.4. The molecule has 0 radical (unpaired) electrons. The Morgan fingerprint density at radius 3 is 2.55 bits per heavy atom. The lowest BCUT2D eigenvalue weighted by Crippen LogP contribution is -2.34. The summed E-state index contributed by atoms with van der Waals surface area (Å²) < 4.78 is 0. The summed E-state index contributed by atoms with van der Waals surface area (Å²) in [5, 5.41) is 25.5. The van der Waals surface area contributed by atoms with Crippen LogP contribution in [0.1, 0.15) is 29.0 Å². The first-order valence-corrected chi connectivity index (χ1v) is 9.51. The number of rotatable bonds is 9. The summed E-state index contributed by atoms with van der Waals surface area (Å²) in [7, 11) is 0. The first-order chi connectivity index (χ1) is 13.8. The van der Waals surface area contributed by atoms with Gasteiger partial charge in [0.1, 0.15) is 0 Å². The minimum atomic E-state index is -1.25. The fraction of sp³-hybridized carbons (Fsp3) is 0.200. The third-order valence-electron chi connectivity index (χ3n) is 3.99. The van der Waals surface area contributed by atoms with Crippen LogP contribution in [0.5, 0.6) is 0 Å². The maximum atomic E-state index is 11.9. The van der Waals surface area contributed by atoms with Crippen molar-refractivity contribution in [3.8, 4) is 0 Å². The molecule has 0 saturated carbocycles. The van der Waals surface area contributed by atoms with Gasteiger partial charge in [-0.1, -0.05) is 48.3 Å². The first kappa shape index (κ1) is 22.0. The van der Waals surface area contributed by atoms with E-state index in [1.165, 1.54) is 18.2 Å². The number of nitrogens with one attached hydrogen (secondary N) is 2. The number of hydrogen-bond donors (Lipinski definition) is 3. The number of carbonyl (C=O) groups excluding carboxylic acids is 2. The molecule has 0 spiro atoms. The molecule has 29 heavy (non-hydrogen) atoms. The average molecular weight is 415 g/mol. The highest BCUT2D eigenvalue weighted by molar-refractivity contribution is 7.16. The van der Waals surface area contributed by atoms with Crippen molar-refractivity contribution in [2.75, 3.05) is 0 Å². The first-order valence-electron chi connectivity index (χ1n) is 8.70. The van der Waals surface area contributed by atoms with Crippen molar-refractivity contribution in [3.63, 3.8) is 0 Å². The molecule has 0 saturated heterocycles. The zero-order valence-electron chi connectivity index (χ0n) is 15.7. The zero-order chi connectivity index (χ0) is 21.4. The van der Waals surface area contributed by atoms with E-state index in [-0.39, 0.29) is 17.0 Å². The summed E-state index contributed by atoms with van der Waals surface area (Å²) in [5.74, 6) is -0.837. The number of nitrogens with zero attached hydrogens (tertiary/aromatic N) is 1. The molecule has 1 heterocycles. The van der Waals surface area contributed by atoms with Gasteiger partial charge >= 0.3 is 5.00 Å². The van der Waals surface area contributed by atoms with Gasteiger partial charge in [0, 0.05) is 23.6 Å². The second-order valence-corrected chi connectivity index (χ2v) is 7.23. The molecule has 9 heteroatoms. The Hall–Kier alpha value is -3.30. The monoisotopic (exact) mass is 415 g/mol. The zero-order valence-corrected chi connectivity index (χ0v) is 16.5. The number of carbonyl (C=O) groups is 2. The van der Waals surface area contributed by atoms with Gasteiger partial charge in [-0.15, -0.1) is 0 Å². The van der Waals surface area contributed by atoms with Crippen LogP contribution in [0.15, 0.2) is 55.1 Å². The predicted molar refractivity (Wildman–Crippen MR) is 111 cm³/mol. The number of hydrogen-bond acceptors (Lipinski definition) is 6. The van der Waals surface area contributed by atoms with Crippen molar-refractivity contribution < 1.29 is 19.6 Å². The van der Waals surface area contributed by atoms with E-state index in [4.69, 9.17) is 0 Å². The average Bonchev–Trinajstić information content (AvgIpc) is 3.19.